The van der Waals surface area contributed by atoms with Crippen LogP contribution in [0.4, 0.5) is 4.39 Å². The van der Waals surface area contributed by atoms with Gasteiger partial charge in [-0.15, -0.1) is 11.6 Å². The summed E-state index contributed by atoms with van der Waals surface area (Å²) in [4.78, 5) is 0. The van der Waals surface area contributed by atoms with Gasteiger partial charge in [0.25, 0.3) is 0 Å². The van der Waals surface area contributed by atoms with Crippen molar-refractivity contribution >= 4 is 27.5 Å². The van der Waals surface area contributed by atoms with Crippen molar-refractivity contribution in [1.82, 2.24) is 0 Å². The predicted octanol–water partition coefficient (Wildman–Crippen LogP) is 3.18. The highest BCUT2D eigenvalue weighted by Gasteiger charge is 1.96. The van der Waals surface area contributed by atoms with Crippen molar-refractivity contribution in [3.63, 3.8) is 0 Å². The Kier molecular flexibility index (Phi) is 3.58. The van der Waals surface area contributed by atoms with Crippen LogP contribution in [-0.4, -0.2) is 5.88 Å². The maximum Gasteiger partial charge on any atom is 0.124 e. The van der Waals surface area contributed by atoms with Gasteiger partial charge in [-0.2, -0.15) is 0 Å². The Bertz CT molecular complexity index is 338. The maximum absolute atomic E-state index is 12.6. The van der Waals surface area contributed by atoms with Crippen LogP contribution in [0.2, 0.25) is 0 Å². The summed E-state index contributed by atoms with van der Waals surface area (Å²) >= 11 is 8.56. The van der Waals surface area contributed by atoms with Crippen molar-refractivity contribution in [1.29, 1.82) is 0 Å². The highest BCUT2D eigenvalue weighted by molar-refractivity contribution is 9.10. The minimum Gasteiger partial charge on any atom is -0.207 e. The Morgan fingerprint density at radius 1 is 1.50 bits per heavy atom. The van der Waals surface area contributed by atoms with Crippen LogP contribution >= 0.6 is 27.5 Å². The van der Waals surface area contributed by atoms with Gasteiger partial charge in [0.15, 0.2) is 0 Å². The van der Waals surface area contributed by atoms with E-state index in [1.54, 1.807) is 6.07 Å². The van der Waals surface area contributed by atoms with Crippen LogP contribution < -0.4 is 0 Å². The summed E-state index contributed by atoms with van der Waals surface area (Å²) in [6.07, 6.45) is 0. The third kappa shape index (κ3) is 2.51. The second-order valence-electron chi connectivity index (χ2n) is 2.06. The summed E-state index contributed by atoms with van der Waals surface area (Å²) in [7, 11) is 0. The molecule has 0 saturated carbocycles. The SMILES string of the molecule is Fc1ccc(C#CCCl)c(Br)c1. The summed E-state index contributed by atoms with van der Waals surface area (Å²) < 4.78 is 13.2. The molecule has 0 aliphatic carbocycles. The standard InChI is InChI=1S/C9H5BrClF/c10-9-6-8(12)4-3-7(9)2-1-5-11/h3-4,6H,5H2. The Balaban J connectivity index is 3.01. The summed E-state index contributed by atoms with van der Waals surface area (Å²) in [5.74, 6) is 5.48. The summed E-state index contributed by atoms with van der Waals surface area (Å²) in [5.41, 5.74) is 0.747. The van der Waals surface area contributed by atoms with Crippen LogP contribution in [0.5, 0.6) is 0 Å². The van der Waals surface area contributed by atoms with Crippen molar-refractivity contribution in [2.75, 3.05) is 5.88 Å². The predicted molar refractivity (Wildman–Crippen MR) is 51.7 cm³/mol. The molecule has 1 aromatic carbocycles. The Labute approximate surface area is 83.9 Å². The molecule has 0 saturated heterocycles. The molecule has 0 atom stereocenters. The lowest BCUT2D eigenvalue weighted by Gasteiger charge is -1.94. The monoisotopic (exact) mass is 246 g/mol. The first-order valence-electron chi connectivity index (χ1n) is 3.24. The van der Waals surface area contributed by atoms with Gasteiger partial charge in [-0.1, -0.05) is 11.8 Å². The summed E-state index contributed by atoms with van der Waals surface area (Å²) in [6.45, 7) is 0. The van der Waals surface area contributed by atoms with E-state index in [1.807, 2.05) is 0 Å². The van der Waals surface area contributed by atoms with Crippen molar-refractivity contribution < 1.29 is 4.39 Å². The van der Waals surface area contributed by atoms with Gasteiger partial charge in [-0.3, -0.25) is 0 Å². The molecule has 0 N–H and O–H groups in total. The molecule has 0 aliphatic heterocycles. The fraction of sp³-hybridized carbons (Fsp3) is 0.111. The zero-order chi connectivity index (χ0) is 8.97. The van der Waals surface area contributed by atoms with Gasteiger partial charge in [0.1, 0.15) is 5.82 Å². The number of hydrogen-bond acceptors (Lipinski definition) is 0. The number of rotatable bonds is 0. The fourth-order valence-electron chi connectivity index (χ4n) is 0.719. The van der Waals surface area contributed by atoms with Crippen molar-refractivity contribution in [2.24, 2.45) is 0 Å². The van der Waals surface area contributed by atoms with Gasteiger partial charge in [-0.25, -0.2) is 4.39 Å². The van der Waals surface area contributed by atoms with E-state index in [9.17, 15) is 4.39 Å². The smallest absolute Gasteiger partial charge is 0.124 e. The number of halogens is 3. The molecule has 12 heavy (non-hydrogen) atoms. The molecular formula is C9H5BrClF. The molecule has 3 heteroatoms. The van der Waals surface area contributed by atoms with Crippen LogP contribution in [0.3, 0.4) is 0 Å². The molecule has 0 bridgehead atoms. The van der Waals surface area contributed by atoms with Crippen LogP contribution in [0, 0.1) is 17.7 Å². The van der Waals surface area contributed by atoms with E-state index in [2.05, 4.69) is 27.8 Å². The first kappa shape index (κ1) is 9.57. The van der Waals surface area contributed by atoms with Gasteiger partial charge in [0.05, 0.1) is 5.88 Å². The molecule has 0 amide bonds. The second-order valence-corrected chi connectivity index (χ2v) is 3.18. The van der Waals surface area contributed by atoms with Crippen LogP contribution in [-0.2, 0) is 0 Å². The van der Waals surface area contributed by atoms with E-state index < -0.39 is 0 Å². The van der Waals surface area contributed by atoms with Crippen molar-refractivity contribution in [2.45, 2.75) is 0 Å². The van der Waals surface area contributed by atoms with Crippen LogP contribution in [0.15, 0.2) is 22.7 Å². The highest BCUT2D eigenvalue weighted by Crippen LogP contribution is 2.16. The average molecular weight is 247 g/mol. The fourth-order valence-corrected chi connectivity index (χ4v) is 1.24. The molecule has 0 aromatic heterocycles. The third-order valence-electron chi connectivity index (χ3n) is 1.22. The molecule has 1 rings (SSSR count). The average Bonchev–Trinajstić information content (AvgIpc) is 2.03. The van der Waals surface area contributed by atoms with Crippen molar-refractivity contribution in [3.8, 4) is 11.8 Å². The maximum atomic E-state index is 12.6. The van der Waals surface area contributed by atoms with E-state index in [0.717, 1.165) is 5.56 Å². The normalized spacial score (nSPS) is 8.92. The summed E-state index contributed by atoms with van der Waals surface area (Å²) in [6, 6.07) is 4.35. The molecule has 0 unspecified atom stereocenters. The summed E-state index contributed by atoms with van der Waals surface area (Å²) in [5, 5.41) is 0. The minimum absolute atomic E-state index is 0.279. The highest BCUT2D eigenvalue weighted by atomic mass is 79.9. The molecule has 62 valence electrons. The molecule has 0 radical (unpaired) electrons. The number of alkyl halides is 1. The third-order valence-corrected chi connectivity index (χ3v) is 2.01. The number of hydrogen-bond donors (Lipinski definition) is 0. The van der Waals surface area contributed by atoms with E-state index in [4.69, 9.17) is 11.6 Å². The zero-order valence-electron chi connectivity index (χ0n) is 6.07. The van der Waals surface area contributed by atoms with Gasteiger partial charge < -0.3 is 0 Å². The minimum atomic E-state index is -0.279. The lowest BCUT2D eigenvalue weighted by Crippen LogP contribution is -1.80. The van der Waals surface area contributed by atoms with E-state index in [0.29, 0.717) is 4.47 Å². The Morgan fingerprint density at radius 3 is 2.83 bits per heavy atom. The first-order chi connectivity index (χ1) is 5.74. The van der Waals surface area contributed by atoms with Gasteiger partial charge in [0.2, 0.25) is 0 Å². The molecular weight excluding hydrogens is 242 g/mol. The molecule has 1 aromatic rings. The topological polar surface area (TPSA) is 0 Å². The second kappa shape index (κ2) is 4.49. The zero-order valence-corrected chi connectivity index (χ0v) is 8.41. The van der Waals surface area contributed by atoms with Gasteiger partial charge in [0, 0.05) is 10.0 Å². The van der Waals surface area contributed by atoms with Crippen molar-refractivity contribution in [3.05, 3.63) is 34.1 Å². The quantitative estimate of drug-likeness (QED) is 0.488. The molecule has 0 spiro atoms. The van der Waals surface area contributed by atoms with Gasteiger partial charge in [-0.05, 0) is 34.1 Å². The van der Waals surface area contributed by atoms with E-state index in [-0.39, 0.29) is 11.7 Å². The largest absolute Gasteiger partial charge is 0.207 e. The molecule has 0 nitrogen and oxygen atoms in total. The van der Waals surface area contributed by atoms with E-state index >= 15 is 0 Å². The van der Waals surface area contributed by atoms with Crippen LogP contribution in [0.25, 0.3) is 0 Å². The molecule has 0 heterocycles. The van der Waals surface area contributed by atoms with E-state index in [1.165, 1.54) is 12.1 Å². The molecule has 0 aliphatic rings. The molecule has 0 fully saturated rings. The Morgan fingerprint density at radius 2 is 2.25 bits per heavy atom. The lowest BCUT2D eigenvalue weighted by atomic mass is 10.2. The van der Waals surface area contributed by atoms with Crippen LogP contribution in [0.1, 0.15) is 5.56 Å². The lowest BCUT2D eigenvalue weighted by molar-refractivity contribution is 0.627. The number of benzene rings is 1. The van der Waals surface area contributed by atoms with Gasteiger partial charge >= 0.3 is 0 Å². The first-order valence-corrected chi connectivity index (χ1v) is 4.56. The Hall–Kier alpha value is -0.520.